The molecule has 5 heteroatoms. The van der Waals surface area contributed by atoms with Crippen LogP contribution in [0.1, 0.15) is 27.0 Å². The number of ether oxygens (including phenoxy) is 1. The molecule has 3 nitrogen and oxygen atoms in total. The molecule has 0 atom stereocenters. The van der Waals surface area contributed by atoms with Gasteiger partial charge >= 0.3 is 5.97 Å². The molecule has 0 amide bonds. The highest BCUT2D eigenvalue weighted by atomic mass is 79.9. The maximum absolute atomic E-state index is 14.2. The summed E-state index contributed by atoms with van der Waals surface area (Å²) in [4.78, 5) is 10.9. The minimum atomic E-state index is -1.20. The predicted octanol–water partition coefficient (Wildman–Crippen LogP) is 5.00. The standard InChI is InChI=1S/C16H14BrFO3/c1-8-6-9(2)10(3)13(7-8)21-12-5-4-11(16(19)20)14(17)15(12)18/h4-7H,1-3H3,(H,19,20). The molecule has 0 saturated carbocycles. The van der Waals surface area contributed by atoms with Gasteiger partial charge in [0, 0.05) is 0 Å². The van der Waals surface area contributed by atoms with E-state index in [4.69, 9.17) is 9.84 Å². The Morgan fingerprint density at radius 1 is 1.19 bits per heavy atom. The fourth-order valence-electron chi connectivity index (χ4n) is 2.00. The van der Waals surface area contributed by atoms with Crippen LogP contribution in [-0.4, -0.2) is 11.1 Å². The lowest BCUT2D eigenvalue weighted by Crippen LogP contribution is -2.01. The molecule has 0 radical (unpaired) electrons. The van der Waals surface area contributed by atoms with Crippen LogP contribution < -0.4 is 4.74 Å². The van der Waals surface area contributed by atoms with Gasteiger partial charge in [-0.15, -0.1) is 0 Å². The zero-order valence-electron chi connectivity index (χ0n) is 11.8. The van der Waals surface area contributed by atoms with Crippen LogP contribution in [0.15, 0.2) is 28.7 Å². The molecule has 2 aromatic carbocycles. The molecule has 0 heterocycles. The maximum atomic E-state index is 14.2. The van der Waals surface area contributed by atoms with Crippen molar-refractivity contribution in [1.29, 1.82) is 0 Å². The molecule has 2 aromatic rings. The lowest BCUT2D eigenvalue weighted by molar-refractivity contribution is 0.0695. The van der Waals surface area contributed by atoms with Gasteiger partial charge in [0.05, 0.1) is 10.0 Å². The maximum Gasteiger partial charge on any atom is 0.336 e. The summed E-state index contributed by atoms with van der Waals surface area (Å²) >= 11 is 2.96. The van der Waals surface area contributed by atoms with E-state index in [0.29, 0.717) is 5.75 Å². The summed E-state index contributed by atoms with van der Waals surface area (Å²) in [6, 6.07) is 6.46. The summed E-state index contributed by atoms with van der Waals surface area (Å²) < 4.78 is 19.7. The lowest BCUT2D eigenvalue weighted by Gasteiger charge is -2.13. The molecule has 1 N–H and O–H groups in total. The van der Waals surface area contributed by atoms with Crippen molar-refractivity contribution < 1.29 is 19.0 Å². The van der Waals surface area contributed by atoms with Crippen molar-refractivity contribution in [1.82, 2.24) is 0 Å². The SMILES string of the molecule is Cc1cc(C)c(C)c(Oc2ccc(C(=O)O)c(Br)c2F)c1. The Kier molecular flexibility index (Phi) is 4.32. The van der Waals surface area contributed by atoms with Crippen LogP contribution in [-0.2, 0) is 0 Å². The fraction of sp³-hybridized carbons (Fsp3) is 0.188. The van der Waals surface area contributed by atoms with Crippen LogP contribution in [0.25, 0.3) is 0 Å². The Morgan fingerprint density at radius 3 is 2.48 bits per heavy atom. The van der Waals surface area contributed by atoms with Gasteiger partial charge in [-0.25, -0.2) is 9.18 Å². The molecule has 0 unspecified atom stereocenters. The molecule has 0 fully saturated rings. The second-order valence-corrected chi connectivity index (χ2v) is 5.64. The van der Waals surface area contributed by atoms with Gasteiger partial charge in [-0.1, -0.05) is 6.07 Å². The number of hydrogen-bond donors (Lipinski definition) is 1. The lowest BCUT2D eigenvalue weighted by atomic mass is 10.1. The van der Waals surface area contributed by atoms with E-state index in [2.05, 4.69) is 15.9 Å². The Morgan fingerprint density at radius 2 is 1.86 bits per heavy atom. The molecule has 0 bridgehead atoms. The first kappa shape index (κ1) is 15.5. The first-order valence-electron chi connectivity index (χ1n) is 6.28. The third kappa shape index (κ3) is 3.08. The minimum Gasteiger partial charge on any atom is -0.478 e. The molecule has 21 heavy (non-hydrogen) atoms. The molecule has 110 valence electrons. The first-order valence-corrected chi connectivity index (χ1v) is 7.07. The Hall–Kier alpha value is -1.88. The van der Waals surface area contributed by atoms with Gasteiger partial charge in [-0.3, -0.25) is 0 Å². The molecule has 0 aliphatic heterocycles. The normalized spacial score (nSPS) is 10.5. The highest BCUT2D eigenvalue weighted by Gasteiger charge is 2.18. The summed E-state index contributed by atoms with van der Waals surface area (Å²) in [5.74, 6) is -1.38. The average molecular weight is 353 g/mol. The van der Waals surface area contributed by atoms with Crippen molar-refractivity contribution in [3.05, 3.63) is 56.8 Å². The fourth-order valence-corrected chi connectivity index (χ4v) is 2.50. The van der Waals surface area contributed by atoms with Gasteiger partial charge in [-0.05, 0) is 71.6 Å². The molecule has 0 aromatic heterocycles. The molecule has 0 saturated heterocycles. The zero-order valence-corrected chi connectivity index (χ0v) is 13.4. The molecule has 0 spiro atoms. The summed E-state index contributed by atoms with van der Waals surface area (Å²) in [7, 11) is 0. The third-order valence-corrected chi connectivity index (χ3v) is 4.04. The van der Waals surface area contributed by atoms with E-state index in [1.54, 1.807) is 0 Å². The summed E-state index contributed by atoms with van der Waals surface area (Å²) in [6.07, 6.45) is 0. The molecular weight excluding hydrogens is 339 g/mol. The number of carboxylic acids is 1. The zero-order chi connectivity index (χ0) is 15.7. The number of aromatic carboxylic acids is 1. The molecule has 0 aliphatic carbocycles. The topological polar surface area (TPSA) is 46.5 Å². The highest BCUT2D eigenvalue weighted by molar-refractivity contribution is 9.10. The monoisotopic (exact) mass is 352 g/mol. The van der Waals surface area contributed by atoms with Crippen molar-refractivity contribution in [3.8, 4) is 11.5 Å². The quantitative estimate of drug-likeness (QED) is 0.844. The predicted molar refractivity (Wildman–Crippen MR) is 81.8 cm³/mol. The van der Waals surface area contributed by atoms with Gasteiger partial charge in [0.1, 0.15) is 5.75 Å². The van der Waals surface area contributed by atoms with Gasteiger partial charge in [-0.2, -0.15) is 0 Å². The van der Waals surface area contributed by atoms with Gasteiger partial charge in [0.25, 0.3) is 0 Å². The second kappa shape index (κ2) is 5.85. The highest BCUT2D eigenvalue weighted by Crippen LogP contribution is 2.34. The Balaban J connectivity index is 2.46. The molecular formula is C16H14BrFO3. The van der Waals surface area contributed by atoms with E-state index in [0.717, 1.165) is 16.7 Å². The van der Waals surface area contributed by atoms with E-state index >= 15 is 0 Å². The number of benzene rings is 2. The van der Waals surface area contributed by atoms with Crippen LogP contribution in [0.3, 0.4) is 0 Å². The van der Waals surface area contributed by atoms with Crippen LogP contribution >= 0.6 is 15.9 Å². The Bertz CT molecular complexity index is 726. The average Bonchev–Trinajstić information content (AvgIpc) is 2.40. The van der Waals surface area contributed by atoms with Gasteiger partial charge < -0.3 is 9.84 Å². The number of aryl methyl sites for hydroxylation is 2. The van der Waals surface area contributed by atoms with E-state index in [1.165, 1.54) is 12.1 Å². The van der Waals surface area contributed by atoms with Gasteiger partial charge in [0.15, 0.2) is 11.6 Å². The number of carbonyl (C=O) groups is 1. The molecule has 2 rings (SSSR count). The van der Waals surface area contributed by atoms with Crippen LogP contribution in [0.4, 0.5) is 4.39 Å². The van der Waals surface area contributed by atoms with E-state index in [-0.39, 0.29) is 15.8 Å². The van der Waals surface area contributed by atoms with Crippen molar-refractivity contribution in [2.45, 2.75) is 20.8 Å². The smallest absolute Gasteiger partial charge is 0.336 e. The summed E-state index contributed by atoms with van der Waals surface area (Å²) in [5, 5.41) is 8.95. The number of carboxylic acid groups (broad SMARTS) is 1. The van der Waals surface area contributed by atoms with Gasteiger partial charge in [0.2, 0.25) is 0 Å². The Labute approximate surface area is 130 Å². The number of rotatable bonds is 3. The first-order chi connectivity index (χ1) is 9.81. The van der Waals surface area contributed by atoms with E-state index < -0.39 is 11.8 Å². The van der Waals surface area contributed by atoms with Crippen molar-refractivity contribution >= 4 is 21.9 Å². The van der Waals surface area contributed by atoms with Crippen molar-refractivity contribution in [2.24, 2.45) is 0 Å². The molecule has 0 aliphatic rings. The van der Waals surface area contributed by atoms with Crippen LogP contribution in [0.2, 0.25) is 0 Å². The minimum absolute atomic E-state index is 0.0139. The van der Waals surface area contributed by atoms with E-state index in [1.807, 2.05) is 32.9 Å². The summed E-state index contributed by atoms with van der Waals surface area (Å²) in [5.41, 5.74) is 2.83. The van der Waals surface area contributed by atoms with Crippen LogP contribution in [0.5, 0.6) is 11.5 Å². The second-order valence-electron chi connectivity index (χ2n) is 4.85. The van der Waals surface area contributed by atoms with Crippen LogP contribution in [0, 0.1) is 26.6 Å². The van der Waals surface area contributed by atoms with Crippen molar-refractivity contribution in [2.75, 3.05) is 0 Å². The van der Waals surface area contributed by atoms with Crippen molar-refractivity contribution in [3.63, 3.8) is 0 Å². The van der Waals surface area contributed by atoms with E-state index in [9.17, 15) is 9.18 Å². The summed E-state index contributed by atoms with van der Waals surface area (Å²) in [6.45, 7) is 5.77. The largest absolute Gasteiger partial charge is 0.478 e. The number of hydrogen-bond acceptors (Lipinski definition) is 2. The third-order valence-electron chi connectivity index (χ3n) is 3.26. The number of halogens is 2.